The second-order valence-corrected chi connectivity index (χ2v) is 6.09. The molecular formula is C16H17BrN2O2. The van der Waals surface area contributed by atoms with Crippen LogP contribution in [0.4, 0.5) is 0 Å². The fourth-order valence-corrected chi connectivity index (χ4v) is 3.13. The standard InChI is InChI=1S/C16H17BrN2O2/c1-18-10-13(17)9-14(18)16(20)19-7-8-21-15(11-19)12-5-3-2-4-6-12/h2-6,9-10,15H,7-8,11H2,1H3. The zero-order valence-electron chi connectivity index (χ0n) is 11.8. The number of amides is 1. The van der Waals surface area contributed by atoms with Gasteiger partial charge in [0.05, 0.1) is 13.2 Å². The molecule has 0 saturated carbocycles. The molecule has 0 aliphatic carbocycles. The number of hydrogen-bond donors (Lipinski definition) is 0. The first kappa shape index (κ1) is 14.4. The van der Waals surface area contributed by atoms with Crippen LogP contribution in [0.3, 0.4) is 0 Å². The van der Waals surface area contributed by atoms with Crippen molar-refractivity contribution in [2.75, 3.05) is 19.7 Å². The van der Waals surface area contributed by atoms with E-state index >= 15 is 0 Å². The van der Waals surface area contributed by atoms with E-state index in [1.165, 1.54) is 0 Å². The van der Waals surface area contributed by atoms with Gasteiger partial charge < -0.3 is 14.2 Å². The zero-order chi connectivity index (χ0) is 14.8. The molecule has 0 radical (unpaired) electrons. The van der Waals surface area contributed by atoms with Crippen molar-refractivity contribution in [2.45, 2.75) is 6.10 Å². The molecule has 0 N–H and O–H groups in total. The molecule has 1 atom stereocenters. The van der Waals surface area contributed by atoms with Crippen LogP contribution in [0.2, 0.25) is 0 Å². The summed E-state index contributed by atoms with van der Waals surface area (Å²) in [6.45, 7) is 1.79. The molecule has 4 nitrogen and oxygen atoms in total. The molecule has 21 heavy (non-hydrogen) atoms. The highest BCUT2D eigenvalue weighted by Crippen LogP contribution is 2.24. The van der Waals surface area contributed by atoms with Crippen LogP contribution in [0.15, 0.2) is 47.1 Å². The van der Waals surface area contributed by atoms with Crippen LogP contribution in [0.1, 0.15) is 22.2 Å². The smallest absolute Gasteiger partial charge is 0.270 e. The monoisotopic (exact) mass is 348 g/mol. The number of carbonyl (C=O) groups excluding carboxylic acids is 1. The number of rotatable bonds is 2. The summed E-state index contributed by atoms with van der Waals surface area (Å²) < 4.78 is 8.57. The van der Waals surface area contributed by atoms with Gasteiger partial charge in [0.2, 0.25) is 0 Å². The SMILES string of the molecule is Cn1cc(Br)cc1C(=O)N1CCOC(c2ccccc2)C1. The maximum Gasteiger partial charge on any atom is 0.270 e. The number of hydrogen-bond acceptors (Lipinski definition) is 2. The molecule has 0 bridgehead atoms. The van der Waals surface area contributed by atoms with Gasteiger partial charge in [0.25, 0.3) is 5.91 Å². The first-order valence-corrected chi connectivity index (χ1v) is 7.72. The van der Waals surface area contributed by atoms with Gasteiger partial charge in [-0.25, -0.2) is 0 Å². The second kappa shape index (κ2) is 6.03. The van der Waals surface area contributed by atoms with Gasteiger partial charge >= 0.3 is 0 Å². The first-order chi connectivity index (χ1) is 10.1. The molecule has 2 aromatic rings. The third-order valence-corrected chi connectivity index (χ3v) is 4.15. The van der Waals surface area contributed by atoms with Crippen molar-refractivity contribution < 1.29 is 9.53 Å². The maximum atomic E-state index is 12.6. The highest BCUT2D eigenvalue weighted by atomic mass is 79.9. The molecule has 1 unspecified atom stereocenters. The summed E-state index contributed by atoms with van der Waals surface area (Å²) in [5.74, 6) is 0.0485. The number of aromatic nitrogens is 1. The number of benzene rings is 1. The lowest BCUT2D eigenvalue weighted by Crippen LogP contribution is -2.42. The fourth-order valence-electron chi connectivity index (χ4n) is 2.60. The summed E-state index contributed by atoms with van der Waals surface area (Å²) in [7, 11) is 1.88. The Hall–Kier alpha value is -1.59. The Morgan fingerprint density at radius 3 is 2.76 bits per heavy atom. The highest BCUT2D eigenvalue weighted by molar-refractivity contribution is 9.10. The lowest BCUT2D eigenvalue weighted by atomic mass is 10.1. The third kappa shape index (κ3) is 3.04. The molecule has 1 aliphatic heterocycles. The summed E-state index contributed by atoms with van der Waals surface area (Å²) in [5, 5.41) is 0. The van der Waals surface area contributed by atoms with Gasteiger partial charge in [-0.15, -0.1) is 0 Å². The van der Waals surface area contributed by atoms with Gasteiger partial charge in [-0.2, -0.15) is 0 Å². The van der Waals surface area contributed by atoms with E-state index < -0.39 is 0 Å². The molecule has 0 spiro atoms. The van der Waals surface area contributed by atoms with Crippen molar-refractivity contribution in [1.29, 1.82) is 0 Å². The Balaban J connectivity index is 1.77. The Labute approximate surface area is 132 Å². The highest BCUT2D eigenvalue weighted by Gasteiger charge is 2.27. The third-order valence-electron chi connectivity index (χ3n) is 3.72. The molecule has 1 aliphatic rings. The van der Waals surface area contributed by atoms with Crippen molar-refractivity contribution in [3.63, 3.8) is 0 Å². The van der Waals surface area contributed by atoms with E-state index in [-0.39, 0.29) is 12.0 Å². The van der Waals surface area contributed by atoms with Gasteiger partial charge in [0, 0.05) is 24.3 Å². The Bertz CT molecular complexity index is 639. The van der Waals surface area contributed by atoms with Crippen LogP contribution in [0, 0.1) is 0 Å². The molecule has 1 amide bonds. The summed E-state index contributed by atoms with van der Waals surface area (Å²) >= 11 is 3.41. The molecule has 1 aromatic carbocycles. The molecule has 1 aromatic heterocycles. The number of nitrogens with zero attached hydrogens (tertiary/aromatic N) is 2. The van der Waals surface area contributed by atoms with Crippen LogP contribution in [0.25, 0.3) is 0 Å². The molecule has 110 valence electrons. The van der Waals surface area contributed by atoms with Gasteiger partial charge in [0.1, 0.15) is 11.8 Å². The predicted octanol–water partition coefficient (Wildman–Crippen LogP) is 3.00. The van der Waals surface area contributed by atoms with Gasteiger partial charge in [-0.3, -0.25) is 4.79 Å². The molecule has 1 fully saturated rings. The molecule has 2 heterocycles. The minimum atomic E-state index is -0.0485. The average molecular weight is 349 g/mol. The fraction of sp³-hybridized carbons (Fsp3) is 0.312. The van der Waals surface area contributed by atoms with Crippen molar-refractivity contribution >= 4 is 21.8 Å². The van der Waals surface area contributed by atoms with E-state index in [2.05, 4.69) is 15.9 Å². The van der Waals surface area contributed by atoms with E-state index in [1.54, 1.807) is 0 Å². The van der Waals surface area contributed by atoms with Crippen LogP contribution in [-0.4, -0.2) is 35.1 Å². The van der Waals surface area contributed by atoms with Crippen molar-refractivity contribution in [3.05, 3.63) is 58.3 Å². The van der Waals surface area contributed by atoms with Crippen LogP contribution >= 0.6 is 15.9 Å². The first-order valence-electron chi connectivity index (χ1n) is 6.93. The summed E-state index contributed by atoms with van der Waals surface area (Å²) in [5.41, 5.74) is 1.80. The van der Waals surface area contributed by atoms with Gasteiger partial charge in [-0.05, 0) is 27.6 Å². The molecule has 5 heteroatoms. The molecule has 1 saturated heterocycles. The van der Waals surface area contributed by atoms with E-state index in [1.807, 2.05) is 59.1 Å². The number of carbonyl (C=O) groups is 1. The van der Waals surface area contributed by atoms with Gasteiger partial charge in [-0.1, -0.05) is 30.3 Å². The van der Waals surface area contributed by atoms with Crippen molar-refractivity contribution in [3.8, 4) is 0 Å². The van der Waals surface area contributed by atoms with Crippen LogP contribution in [-0.2, 0) is 11.8 Å². The zero-order valence-corrected chi connectivity index (χ0v) is 13.4. The van der Waals surface area contributed by atoms with E-state index in [0.717, 1.165) is 10.0 Å². The maximum absolute atomic E-state index is 12.6. The normalized spacial score (nSPS) is 18.8. The van der Waals surface area contributed by atoms with Crippen LogP contribution in [0.5, 0.6) is 0 Å². The lowest BCUT2D eigenvalue weighted by molar-refractivity contribution is -0.0231. The Kier molecular flexibility index (Phi) is 4.12. The largest absolute Gasteiger partial charge is 0.370 e. The summed E-state index contributed by atoms with van der Waals surface area (Å²) in [4.78, 5) is 14.5. The number of ether oxygens (including phenoxy) is 1. The molecule has 3 rings (SSSR count). The number of halogens is 1. The van der Waals surface area contributed by atoms with Crippen LogP contribution < -0.4 is 0 Å². The van der Waals surface area contributed by atoms with Crippen molar-refractivity contribution in [2.24, 2.45) is 7.05 Å². The number of aryl methyl sites for hydroxylation is 1. The number of morpholine rings is 1. The minimum absolute atomic E-state index is 0.0485. The van der Waals surface area contributed by atoms with E-state index in [9.17, 15) is 4.79 Å². The second-order valence-electron chi connectivity index (χ2n) is 5.18. The predicted molar refractivity (Wildman–Crippen MR) is 84.2 cm³/mol. The lowest BCUT2D eigenvalue weighted by Gasteiger charge is -2.33. The Morgan fingerprint density at radius 2 is 2.10 bits per heavy atom. The van der Waals surface area contributed by atoms with E-state index in [0.29, 0.717) is 25.4 Å². The minimum Gasteiger partial charge on any atom is -0.370 e. The summed E-state index contributed by atoms with van der Waals surface area (Å²) in [6.07, 6.45) is 1.84. The topological polar surface area (TPSA) is 34.5 Å². The summed E-state index contributed by atoms with van der Waals surface area (Å²) in [6, 6.07) is 11.9. The molecular weight excluding hydrogens is 332 g/mol. The average Bonchev–Trinajstić information content (AvgIpc) is 2.86. The van der Waals surface area contributed by atoms with E-state index in [4.69, 9.17) is 4.74 Å². The quantitative estimate of drug-likeness (QED) is 0.835. The van der Waals surface area contributed by atoms with Crippen molar-refractivity contribution in [1.82, 2.24) is 9.47 Å². The van der Waals surface area contributed by atoms with Gasteiger partial charge in [0.15, 0.2) is 0 Å². The Morgan fingerprint density at radius 1 is 1.33 bits per heavy atom.